The number of hydrogen-bond donors (Lipinski definition) is 2. The molecule has 8 nitrogen and oxygen atoms in total. The number of carbonyl (C=O) groups is 2. The molecule has 120 valence electrons. The van der Waals surface area contributed by atoms with Gasteiger partial charge in [-0.15, -0.1) is 0 Å². The third kappa shape index (κ3) is 3.12. The van der Waals surface area contributed by atoms with E-state index in [-0.39, 0.29) is 16.9 Å². The Hall–Kier alpha value is -3.55. The number of carboxylic acids is 1. The summed E-state index contributed by atoms with van der Waals surface area (Å²) in [7, 11) is 1.57. The van der Waals surface area contributed by atoms with E-state index in [0.29, 0.717) is 5.69 Å². The summed E-state index contributed by atoms with van der Waals surface area (Å²) in [6.07, 6.45) is 2.74. The molecular weight excluding hydrogens is 310 g/mol. The van der Waals surface area contributed by atoms with Crippen LogP contribution in [0.2, 0.25) is 0 Å². The summed E-state index contributed by atoms with van der Waals surface area (Å²) in [6, 6.07) is 10.9. The van der Waals surface area contributed by atoms with Gasteiger partial charge in [0.25, 0.3) is 5.91 Å². The molecule has 0 saturated carbocycles. The van der Waals surface area contributed by atoms with Gasteiger partial charge >= 0.3 is 5.97 Å². The molecule has 0 aliphatic carbocycles. The standard InChI is InChI=1S/C16H13N5O3/c1-21-9-13(14(20-21)16(23)24)18-15(22)11-7-12(19-17-8-11)10-5-3-2-4-6-10/h2-9H,1H3,(H,18,22)(H,23,24). The molecule has 1 amide bonds. The SMILES string of the molecule is Cn1cc(NC(=O)c2cnnc(-c3ccccc3)c2)c(C(=O)O)n1. The number of nitrogens with zero attached hydrogens (tertiary/aromatic N) is 4. The second kappa shape index (κ2) is 6.29. The van der Waals surface area contributed by atoms with E-state index in [9.17, 15) is 9.59 Å². The normalized spacial score (nSPS) is 10.4. The van der Waals surface area contributed by atoms with Crippen LogP contribution in [0, 0.1) is 0 Å². The first-order valence-electron chi connectivity index (χ1n) is 7.01. The van der Waals surface area contributed by atoms with Gasteiger partial charge in [-0.2, -0.15) is 15.3 Å². The lowest BCUT2D eigenvalue weighted by atomic mass is 10.1. The summed E-state index contributed by atoms with van der Waals surface area (Å²) in [5.74, 6) is -1.71. The van der Waals surface area contributed by atoms with Crippen LogP contribution in [0.5, 0.6) is 0 Å². The van der Waals surface area contributed by atoms with Crippen LogP contribution in [0.4, 0.5) is 5.69 Å². The fraction of sp³-hybridized carbons (Fsp3) is 0.0625. The van der Waals surface area contributed by atoms with Gasteiger partial charge in [0.05, 0.1) is 23.1 Å². The monoisotopic (exact) mass is 323 g/mol. The minimum Gasteiger partial charge on any atom is -0.476 e. The van der Waals surface area contributed by atoms with Gasteiger partial charge in [0.2, 0.25) is 0 Å². The maximum Gasteiger partial charge on any atom is 0.358 e. The summed E-state index contributed by atoms with van der Waals surface area (Å²) >= 11 is 0. The van der Waals surface area contributed by atoms with Crippen molar-refractivity contribution in [2.45, 2.75) is 0 Å². The van der Waals surface area contributed by atoms with E-state index in [1.54, 1.807) is 13.1 Å². The van der Waals surface area contributed by atoms with Gasteiger partial charge in [-0.3, -0.25) is 9.48 Å². The molecule has 2 aromatic heterocycles. The second-order valence-corrected chi connectivity index (χ2v) is 5.02. The molecule has 2 heterocycles. The molecule has 2 N–H and O–H groups in total. The fourth-order valence-corrected chi connectivity index (χ4v) is 2.17. The van der Waals surface area contributed by atoms with Gasteiger partial charge in [-0.1, -0.05) is 30.3 Å². The van der Waals surface area contributed by atoms with Crippen LogP contribution in [0.15, 0.2) is 48.8 Å². The van der Waals surface area contributed by atoms with Crippen molar-refractivity contribution in [1.82, 2.24) is 20.0 Å². The number of carboxylic acid groups (broad SMARTS) is 1. The molecular formula is C16H13N5O3. The zero-order valence-electron chi connectivity index (χ0n) is 12.7. The Morgan fingerprint density at radius 2 is 1.96 bits per heavy atom. The van der Waals surface area contributed by atoms with E-state index in [0.717, 1.165) is 5.56 Å². The minimum absolute atomic E-state index is 0.119. The van der Waals surface area contributed by atoms with E-state index >= 15 is 0 Å². The van der Waals surface area contributed by atoms with E-state index in [1.807, 2.05) is 30.3 Å². The van der Waals surface area contributed by atoms with Gasteiger partial charge in [-0.05, 0) is 6.07 Å². The van der Waals surface area contributed by atoms with Crippen LogP contribution in [0.1, 0.15) is 20.8 Å². The summed E-state index contributed by atoms with van der Waals surface area (Å²) in [4.78, 5) is 23.5. The molecule has 1 aromatic carbocycles. The van der Waals surface area contributed by atoms with Crippen molar-refractivity contribution < 1.29 is 14.7 Å². The summed E-state index contributed by atoms with van der Waals surface area (Å²) in [5.41, 5.74) is 1.54. The maximum atomic E-state index is 12.4. The van der Waals surface area contributed by atoms with E-state index in [4.69, 9.17) is 5.11 Å². The zero-order valence-corrected chi connectivity index (χ0v) is 12.7. The highest BCUT2D eigenvalue weighted by Crippen LogP contribution is 2.18. The number of aromatic nitrogens is 4. The van der Waals surface area contributed by atoms with Gasteiger partial charge in [0, 0.05) is 18.8 Å². The van der Waals surface area contributed by atoms with E-state index in [1.165, 1.54) is 17.1 Å². The lowest BCUT2D eigenvalue weighted by Crippen LogP contribution is -2.14. The number of nitrogens with one attached hydrogen (secondary N) is 1. The van der Waals surface area contributed by atoms with Crippen molar-refractivity contribution in [3.63, 3.8) is 0 Å². The largest absolute Gasteiger partial charge is 0.476 e. The molecule has 0 aliphatic heterocycles. The van der Waals surface area contributed by atoms with Crippen LogP contribution in [-0.2, 0) is 7.05 Å². The number of aryl methyl sites for hydroxylation is 1. The maximum absolute atomic E-state index is 12.4. The first kappa shape index (κ1) is 15.3. The van der Waals surface area contributed by atoms with Crippen molar-refractivity contribution in [2.75, 3.05) is 5.32 Å². The molecule has 0 atom stereocenters. The number of anilines is 1. The van der Waals surface area contributed by atoms with Crippen molar-refractivity contribution in [3.05, 3.63) is 60.0 Å². The van der Waals surface area contributed by atoms with Crippen molar-refractivity contribution in [2.24, 2.45) is 7.05 Å². The Balaban J connectivity index is 1.88. The average molecular weight is 323 g/mol. The Bertz CT molecular complexity index is 905. The average Bonchev–Trinajstić information content (AvgIpc) is 2.96. The van der Waals surface area contributed by atoms with Gasteiger partial charge < -0.3 is 10.4 Å². The Morgan fingerprint density at radius 1 is 1.21 bits per heavy atom. The minimum atomic E-state index is -1.22. The smallest absolute Gasteiger partial charge is 0.358 e. The predicted octanol–water partition coefficient (Wildman–Crippen LogP) is 1.83. The third-order valence-corrected chi connectivity index (χ3v) is 3.27. The highest BCUT2D eigenvalue weighted by Gasteiger charge is 2.18. The molecule has 0 unspecified atom stereocenters. The predicted molar refractivity (Wildman–Crippen MR) is 85.6 cm³/mol. The molecule has 0 aliphatic rings. The molecule has 0 spiro atoms. The summed E-state index contributed by atoms with van der Waals surface area (Å²) in [5, 5.41) is 23.3. The zero-order chi connectivity index (χ0) is 17.1. The molecule has 0 fully saturated rings. The first-order chi connectivity index (χ1) is 11.5. The number of hydrogen-bond acceptors (Lipinski definition) is 5. The molecule has 3 rings (SSSR count). The van der Waals surface area contributed by atoms with Crippen LogP contribution in [-0.4, -0.2) is 37.0 Å². The third-order valence-electron chi connectivity index (χ3n) is 3.27. The van der Waals surface area contributed by atoms with Crippen LogP contribution in [0.3, 0.4) is 0 Å². The summed E-state index contributed by atoms with van der Waals surface area (Å²) < 4.78 is 1.32. The van der Waals surface area contributed by atoms with Crippen LogP contribution in [0.25, 0.3) is 11.3 Å². The van der Waals surface area contributed by atoms with Crippen molar-refractivity contribution in [1.29, 1.82) is 0 Å². The Kier molecular flexibility index (Phi) is 4.02. The van der Waals surface area contributed by atoms with E-state index in [2.05, 4.69) is 20.6 Å². The van der Waals surface area contributed by atoms with E-state index < -0.39 is 11.9 Å². The molecule has 3 aromatic rings. The van der Waals surface area contributed by atoms with Gasteiger partial charge in [0.1, 0.15) is 0 Å². The number of amides is 1. The topological polar surface area (TPSA) is 110 Å². The summed E-state index contributed by atoms with van der Waals surface area (Å²) in [6.45, 7) is 0. The number of benzene rings is 1. The number of carbonyl (C=O) groups excluding carboxylic acids is 1. The van der Waals surface area contributed by atoms with Gasteiger partial charge in [-0.25, -0.2) is 4.79 Å². The van der Waals surface area contributed by atoms with Crippen molar-refractivity contribution in [3.8, 4) is 11.3 Å². The highest BCUT2D eigenvalue weighted by atomic mass is 16.4. The molecule has 0 bridgehead atoms. The number of aromatic carboxylic acids is 1. The Labute approximate surface area is 136 Å². The second-order valence-electron chi connectivity index (χ2n) is 5.02. The highest BCUT2D eigenvalue weighted by molar-refractivity contribution is 6.07. The molecule has 24 heavy (non-hydrogen) atoms. The quantitative estimate of drug-likeness (QED) is 0.758. The van der Waals surface area contributed by atoms with Crippen molar-refractivity contribution >= 4 is 17.6 Å². The lowest BCUT2D eigenvalue weighted by molar-refractivity contribution is 0.0690. The lowest BCUT2D eigenvalue weighted by Gasteiger charge is -2.05. The number of rotatable bonds is 4. The van der Waals surface area contributed by atoms with Crippen LogP contribution < -0.4 is 5.32 Å². The molecule has 0 radical (unpaired) electrons. The fourth-order valence-electron chi connectivity index (χ4n) is 2.17. The van der Waals surface area contributed by atoms with Gasteiger partial charge in [0.15, 0.2) is 5.69 Å². The molecule has 8 heteroatoms. The Morgan fingerprint density at radius 3 is 2.67 bits per heavy atom. The first-order valence-corrected chi connectivity index (χ1v) is 7.01. The van der Waals surface area contributed by atoms with Crippen LogP contribution >= 0.6 is 0 Å². The molecule has 0 saturated heterocycles.